The number of aryl methyl sites for hydroxylation is 1. The number of nitrogens with zero attached hydrogens (tertiary/aromatic N) is 4. The molecule has 1 saturated carbocycles. The van der Waals surface area contributed by atoms with Gasteiger partial charge in [0.1, 0.15) is 11.9 Å². The van der Waals surface area contributed by atoms with Crippen molar-refractivity contribution in [2.75, 3.05) is 22.6 Å². The maximum absolute atomic E-state index is 13.0. The van der Waals surface area contributed by atoms with Gasteiger partial charge in [-0.2, -0.15) is 5.10 Å². The molecular weight excluding hydrogens is 390 g/mol. The number of carbonyl (C=O) groups excluding carboxylic acids is 1. The third kappa shape index (κ3) is 3.97. The minimum absolute atomic E-state index is 0.00896. The SMILES string of the molecule is Cc1nc(NCc2cnn(CC3CC(F)(F)C3)c2)cc2c1NC(=O)C(C(C)C)N2C. The van der Waals surface area contributed by atoms with E-state index < -0.39 is 5.92 Å². The van der Waals surface area contributed by atoms with Crippen LogP contribution in [0.3, 0.4) is 0 Å². The molecule has 30 heavy (non-hydrogen) atoms. The van der Waals surface area contributed by atoms with Gasteiger partial charge in [0.25, 0.3) is 0 Å². The molecule has 0 spiro atoms. The number of aromatic nitrogens is 3. The fraction of sp³-hybridized carbons (Fsp3) is 0.571. The van der Waals surface area contributed by atoms with Crippen molar-refractivity contribution in [1.29, 1.82) is 0 Å². The first kappa shape index (κ1) is 20.6. The fourth-order valence-electron chi connectivity index (χ4n) is 4.42. The van der Waals surface area contributed by atoms with Crippen molar-refractivity contribution in [3.05, 3.63) is 29.7 Å². The van der Waals surface area contributed by atoms with Crippen LogP contribution in [-0.4, -0.2) is 39.7 Å². The monoisotopic (exact) mass is 418 g/mol. The zero-order valence-electron chi connectivity index (χ0n) is 17.7. The van der Waals surface area contributed by atoms with Crippen LogP contribution in [-0.2, 0) is 17.9 Å². The predicted molar refractivity (Wildman–Crippen MR) is 112 cm³/mol. The van der Waals surface area contributed by atoms with Gasteiger partial charge in [-0.05, 0) is 18.8 Å². The molecule has 2 N–H and O–H groups in total. The Labute approximate surface area is 174 Å². The molecule has 1 atom stereocenters. The summed E-state index contributed by atoms with van der Waals surface area (Å²) < 4.78 is 27.7. The number of nitrogens with one attached hydrogen (secondary N) is 2. The molecule has 4 rings (SSSR count). The second kappa shape index (κ2) is 7.52. The van der Waals surface area contributed by atoms with E-state index in [1.165, 1.54) is 0 Å². The third-order valence-electron chi connectivity index (χ3n) is 5.91. The highest BCUT2D eigenvalue weighted by molar-refractivity contribution is 6.04. The Balaban J connectivity index is 1.43. The summed E-state index contributed by atoms with van der Waals surface area (Å²) in [6.45, 7) is 6.98. The lowest BCUT2D eigenvalue weighted by atomic mass is 9.81. The van der Waals surface area contributed by atoms with Crippen molar-refractivity contribution in [2.45, 2.75) is 58.7 Å². The predicted octanol–water partition coefficient (Wildman–Crippen LogP) is 3.66. The van der Waals surface area contributed by atoms with E-state index in [0.717, 1.165) is 22.6 Å². The first-order valence-electron chi connectivity index (χ1n) is 10.3. The van der Waals surface area contributed by atoms with Gasteiger partial charge >= 0.3 is 0 Å². The van der Waals surface area contributed by atoms with Gasteiger partial charge in [-0.15, -0.1) is 0 Å². The number of hydrogen-bond donors (Lipinski definition) is 2. The number of carbonyl (C=O) groups is 1. The maximum atomic E-state index is 13.0. The fourth-order valence-corrected chi connectivity index (χ4v) is 4.42. The number of fused-ring (bicyclic) bond motifs is 1. The molecule has 3 heterocycles. The minimum Gasteiger partial charge on any atom is -0.366 e. The van der Waals surface area contributed by atoms with Gasteiger partial charge in [0.05, 0.1) is 23.3 Å². The van der Waals surface area contributed by atoms with E-state index in [9.17, 15) is 13.6 Å². The van der Waals surface area contributed by atoms with Crippen LogP contribution in [0.5, 0.6) is 0 Å². The highest BCUT2D eigenvalue weighted by Crippen LogP contribution is 2.43. The van der Waals surface area contributed by atoms with Crippen LogP contribution in [0.15, 0.2) is 18.5 Å². The maximum Gasteiger partial charge on any atom is 0.248 e. The topological polar surface area (TPSA) is 75.1 Å². The van der Waals surface area contributed by atoms with E-state index in [1.54, 1.807) is 10.9 Å². The van der Waals surface area contributed by atoms with E-state index >= 15 is 0 Å². The smallest absolute Gasteiger partial charge is 0.248 e. The Morgan fingerprint density at radius 2 is 2.10 bits per heavy atom. The van der Waals surface area contributed by atoms with Crippen molar-refractivity contribution in [2.24, 2.45) is 11.8 Å². The van der Waals surface area contributed by atoms with Gasteiger partial charge in [-0.3, -0.25) is 9.48 Å². The second-order valence-corrected chi connectivity index (χ2v) is 8.83. The number of pyridine rings is 1. The average Bonchev–Trinajstić information content (AvgIpc) is 3.07. The van der Waals surface area contributed by atoms with Crippen LogP contribution in [0.25, 0.3) is 0 Å². The number of anilines is 3. The van der Waals surface area contributed by atoms with E-state index in [-0.39, 0.29) is 36.6 Å². The van der Waals surface area contributed by atoms with E-state index in [1.807, 2.05) is 45.0 Å². The third-order valence-corrected chi connectivity index (χ3v) is 5.91. The summed E-state index contributed by atoms with van der Waals surface area (Å²) in [4.78, 5) is 19.0. The molecule has 1 aliphatic carbocycles. The zero-order chi connectivity index (χ0) is 21.6. The van der Waals surface area contributed by atoms with E-state index in [2.05, 4.69) is 20.7 Å². The van der Waals surface area contributed by atoms with Crippen molar-refractivity contribution in [3.63, 3.8) is 0 Å². The lowest BCUT2D eigenvalue weighted by Gasteiger charge is -2.38. The summed E-state index contributed by atoms with van der Waals surface area (Å²) in [6.07, 6.45) is 3.52. The number of amides is 1. The standard InChI is InChI=1S/C21H28F2N6O/c1-12(2)19-20(30)27-18-13(3)26-17(5-16(18)28(19)4)24-8-15-9-25-29(11-15)10-14-6-21(22,23)7-14/h5,9,11-12,14,19H,6-8,10H2,1-4H3,(H,24,26)(H,27,30). The van der Waals surface area contributed by atoms with Crippen LogP contribution in [0.1, 0.15) is 37.9 Å². The number of likely N-dealkylation sites (N-methyl/N-ethyl adjacent to an activating group) is 1. The molecule has 1 aliphatic heterocycles. The molecule has 9 heteroatoms. The Bertz CT molecular complexity index is 949. The van der Waals surface area contributed by atoms with Crippen LogP contribution in [0, 0.1) is 18.8 Å². The highest BCUT2D eigenvalue weighted by atomic mass is 19.3. The normalized spacial score (nSPS) is 20.7. The molecule has 162 valence electrons. The number of hydrogen-bond acceptors (Lipinski definition) is 5. The van der Waals surface area contributed by atoms with Crippen molar-refractivity contribution >= 4 is 23.1 Å². The van der Waals surface area contributed by atoms with Crippen LogP contribution in [0.2, 0.25) is 0 Å². The molecule has 2 aromatic heterocycles. The first-order valence-corrected chi connectivity index (χ1v) is 10.3. The molecule has 7 nitrogen and oxygen atoms in total. The van der Waals surface area contributed by atoms with Crippen molar-refractivity contribution in [3.8, 4) is 0 Å². The van der Waals surface area contributed by atoms with Gasteiger partial charge in [-0.25, -0.2) is 13.8 Å². The van der Waals surface area contributed by atoms with E-state index in [0.29, 0.717) is 18.9 Å². The van der Waals surface area contributed by atoms with Crippen molar-refractivity contribution in [1.82, 2.24) is 14.8 Å². The zero-order valence-corrected chi connectivity index (χ0v) is 17.7. The summed E-state index contributed by atoms with van der Waals surface area (Å²) in [5.74, 6) is -1.63. The summed E-state index contributed by atoms with van der Waals surface area (Å²) in [6, 6.07) is 1.71. The van der Waals surface area contributed by atoms with Crippen LogP contribution < -0.4 is 15.5 Å². The largest absolute Gasteiger partial charge is 0.366 e. The van der Waals surface area contributed by atoms with Gasteiger partial charge in [0, 0.05) is 50.8 Å². The molecule has 0 bridgehead atoms. The number of alkyl halides is 2. The Kier molecular flexibility index (Phi) is 5.15. The van der Waals surface area contributed by atoms with Gasteiger partial charge in [0.15, 0.2) is 0 Å². The lowest BCUT2D eigenvalue weighted by molar-refractivity contribution is -0.118. The highest BCUT2D eigenvalue weighted by Gasteiger charge is 2.45. The van der Waals surface area contributed by atoms with Crippen LogP contribution >= 0.6 is 0 Å². The van der Waals surface area contributed by atoms with E-state index in [4.69, 9.17) is 0 Å². The Morgan fingerprint density at radius 1 is 1.37 bits per heavy atom. The second-order valence-electron chi connectivity index (χ2n) is 8.83. The van der Waals surface area contributed by atoms with Crippen molar-refractivity contribution < 1.29 is 13.6 Å². The Morgan fingerprint density at radius 3 is 2.77 bits per heavy atom. The molecule has 0 radical (unpaired) electrons. The molecule has 1 unspecified atom stereocenters. The van der Waals surface area contributed by atoms with Gasteiger partial charge < -0.3 is 15.5 Å². The van der Waals surface area contributed by atoms with Gasteiger partial charge in [-0.1, -0.05) is 13.8 Å². The molecule has 2 aliphatic rings. The lowest BCUT2D eigenvalue weighted by Crippen LogP contribution is -2.49. The molecule has 0 aromatic carbocycles. The summed E-state index contributed by atoms with van der Waals surface area (Å²) in [7, 11) is 1.93. The quantitative estimate of drug-likeness (QED) is 0.749. The molecule has 2 aromatic rings. The van der Waals surface area contributed by atoms with Gasteiger partial charge in [0.2, 0.25) is 11.8 Å². The summed E-state index contributed by atoms with van der Waals surface area (Å²) in [5, 5.41) is 10.6. The minimum atomic E-state index is -2.50. The average molecular weight is 418 g/mol. The molecule has 0 saturated heterocycles. The summed E-state index contributed by atoms with van der Waals surface area (Å²) >= 11 is 0. The molecule has 1 amide bonds. The number of halogens is 2. The first-order chi connectivity index (χ1) is 14.1. The Hall–Kier alpha value is -2.71. The van der Waals surface area contributed by atoms with Crippen LogP contribution in [0.4, 0.5) is 26.0 Å². The molecular formula is C21H28F2N6O. The molecule has 1 fully saturated rings. The summed E-state index contributed by atoms with van der Waals surface area (Å²) in [5.41, 5.74) is 3.39. The number of rotatable bonds is 6.